The van der Waals surface area contributed by atoms with Gasteiger partial charge >= 0.3 is 6.08 Å². The fourth-order valence-corrected chi connectivity index (χ4v) is 2.92. The van der Waals surface area contributed by atoms with Crippen LogP contribution in [-0.2, 0) is 0 Å². The third-order valence-corrected chi connectivity index (χ3v) is 4.00. The summed E-state index contributed by atoms with van der Waals surface area (Å²) in [6.07, 6.45) is -2.61. The van der Waals surface area contributed by atoms with Gasteiger partial charge in [0.15, 0.2) is 5.83 Å². The molecule has 2 nitrogen and oxygen atoms in total. The van der Waals surface area contributed by atoms with E-state index >= 15 is 0 Å². The third-order valence-electron chi connectivity index (χ3n) is 1.90. The van der Waals surface area contributed by atoms with Gasteiger partial charge in [0.25, 0.3) is 0 Å². The lowest BCUT2D eigenvalue weighted by atomic mass is 10.4. The molecule has 1 unspecified atom stereocenters. The van der Waals surface area contributed by atoms with E-state index in [0.717, 1.165) is 0 Å². The first kappa shape index (κ1) is 11.9. The first-order valence-electron chi connectivity index (χ1n) is 4.17. The highest BCUT2D eigenvalue weighted by molar-refractivity contribution is 8.32. The lowest BCUT2D eigenvalue weighted by Gasteiger charge is -2.10. The van der Waals surface area contributed by atoms with Crippen LogP contribution in [0, 0.1) is 11.3 Å². The molecule has 0 aliphatic carbocycles. The number of thiol groups is 1. The number of aliphatic imine (C=N–C) groups is 1. The molecule has 0 spiro atoms. The molecule has 1 aliphatic rings. The Labute approximate surface area is 88.1 Å². The molecule has 6 heteroatoms. The summed E-state index contributed by atoms with van der Waals surface area (Å²) in [5.74, 6) is -1.19. The summed E-state index contributed by atoms with van der Waals surface area (Å²) in [6, 6.07) is 1.97. The fraction of sp³-hybridized carbons (Fsp3) is 0.333. The number of halogens is 3. The summed E-state index contributed by atoms with van der Waals surface area (Å²) in [5, 5.41) is 8.76. The molecule has 15 heavy (non-hydrogen) atoms. The van der Waals surface area contributed by atoms with Crippen molar-refractivity contribution in [3.05, 3.63) is 22.5 Å². The second kappa shape index (κ2) is 5.03. The molecule has 0 saturated heterocycles. The van der Waals surface area contributed by atoms with Gasteiger partial charge in [0.1, 0.15) is 6.07 Å². The van der Waals surface area contributed by atoms with Crippen LogP contribution < -0.4 is 0 Å². The Bertz CT molecular complexity index is 389. The van der Waals surface area contributed by atoms with E-state index in [2.05, 4.69) is 4.99 Å². The Balaban J connectivity index is 2.60. The summed E-state index contributed by atoms with van der Waals surface area (Å²) in [4.78, 5) is 4.42. The topological polar surface area (TPSA) is 36.1 Å². The largest absolute Gasteiger partial charge is 0.301 e. The van der Waals surface area contributed by atoms with Crippen LogP contribution in [0.1, 0.15) is 13.3 Å². The van der Waals surface area contributed by atoms with Crippen molar-refractivity contribution >= 4 is 16.4 Å². The molecule has 1 aliphatic heterocycles. The quantitative estimate of drug-likeness (QED) is 0.747. The van der Waals surface area contributed by atoms with E-state index in [4.69, 9.17) is 5.26 Å². The van der Waals surface area contributed by atoms with Crippen molar-refractivity contribution in [2.75, 3.05) is 5.75 Å². The first-order chi connectivity index (χ1) is 7.06. The maximum atomic E-state index is 12.5. The van der Waals surface area contributed by atoms with Crippen LogP contribution in [0.3, 0.4) is 0 Å². The Hall–Kier alpha value is -1.22. The zero-order valence-corrected chi connectivity index (χ0v) is 8.86. The fourth-order valence-electron chi connectivity index (χ4n) is 1.11. The number of allylic oxidation sites excluding steroid dienone is 3. The van der Waals surface area contributed by atoms with Gasteiger partial charge in [-0.05, 0) is 12.7 Å². The summed E-state index contributed by atoms with van der Waals surface area (Å²) >= 11 is 0. The van der Waals surface area contributed by atoms with Crippen molar-refractivity contribution in [3.8, 4) is 6.07 Å². The smallest absolute Gasteiger partial charge is 0.254 e. The molecule has 82 valence electrons. The maximum absolute atomic E-state index is 12.5. The van der Waals surface area contributed by atoms with Gasteiger partial charge in [-0.1, -0.05) is 0 Å². The van der Waals surface area contributed by atoms with Crippen LogP contribution in [-0.4, -0.2) is 11.3 Å². The van der Waals surface area contributed by atoms with Crippen molar-refractivity contribution < 1.29 is 13.2 Å². The number of nitriles is 1. The van der Waals surface area contributed by atoms with Crippen LogP contribution in [0.15, 0.2) is 27.5 Å². The van der Waals surface area contributed by atoms with Gasteiger partial charge in [0.2, 0.25) is 0 Å². The van der Waals surface area contributed by atoms with Gasteiger partial charge < -0.3 is 0 Å². The Kier molecular flexibility index (Phi) is 3.97. The molecule has 0 aromatic rings. The Morgan fingerprint density at radius 1 is 1.53 bits per heavy atom. The molecule has 0 fully saturated rings. The predicted molar refractivity (Wildman–Crippen MR) is 55.6 cm³/mol. The van der Waals surface area contributed by atoms with Gasteiger partial charge in [-0.2, -0.15) is 24.9 Å². The molecule has 1 heterocycles. The van der Waals surface area contributed by atoms with Crippen molar-refractivity contribution in [1.82, 2.24) is 0 Å². The molecule has 0 amide bonds. The lowest BCUT2D eigenvalue weighted by molar-refractivity contribution is 0.373. The van der Waals surface area contributed by atoms with E-state index in [1.54, 1.807) is 12.5 Å². The molecule has 0 N–H and O–H groups in total. The summed E-state index contributed by atoms with van der Waals surface area (Å²) in [5.41, 5.74) is 2.17. The normalized spacial score (nSPS) is 21.7. The van der Waals surface area contributed by atoms with E-state index in [1.165, 1.54) is 0 Å². The Morgan fingerprint density at radius 2 is 2.20 bits per heavy atom. The van der Waals surface area contributed by atoms with E-state index in [9.17, 15) is 13.2 Å². The van der Waals surface area contributed by atoms with E-state index < -0.39 is 22.8 Å². The summed E-state index contributed by atoms with van der Waals surface area (Å²) in [6.45, 7) is 1.68. The van der Waals surface area contributed by atoms with E-state index in [-0.39, 0.29) is 12.2 Å². The Morgan fingerprint density at radius 3 is 2.73 bits per heavy atom. The van der Waals surface area contributed by atoms with Gasteiger partial charge in [0.05, 0.1) is 10.6 Å². The first-order valence-corrected chi connectivity index (χ1v) is 5.77. The van der Waals surface area contributed by atoms with Crippen LogP contribution in [0.2, 0.25) is 0 Å². The maximum Gasteiger partial charge on any atom is 0.301 e. The number of rotatable bonds is 3. The molecule has 1 atom stereocenters. The second-order valence-corrected chi connectivity index (χ2v) is 4.96. The average molecular weight is 234 g/mol. The highest BCUT2D eigenvalue weighted by Crippen LogP contribution is 2.40. The number of nitrogens with zero attached hydrogens (tertiary/aromatic N) is 2. The third kappa shape index (κ3) is 2.86. The van der Waals surface area contributed by atoms with Crippen molar-refractivity contribution in [3.63, 3.8) is 0 Å². The molecule has 1 rings (SSSR count). The van der Waals surface area contributed by atoms with Crippen LogP contribution in [0.5, 0.6) is 0 Å². The van der Waals surface area contributed by atoms with E-state index in [0.29, 0.717) is 10.6 Å². The van der Waals surface area contributed by atoms with Gasteiger partial charge in [-0.25, -0.2) is 4.39 Å². The van der Waals surface area contributed by atoms with Crippen LogP contribution >= 0.6 is 10.9 Å². The molecular weight excluding hydrogens is 225 g/mol. The van der Waals surface area contributed by atoms with Gasteiger partial charge in [0, 0.05) is 12.0 Å². The molecular formula is C9H9F3N2S. The number of hydrogen-bond donors (Lipinski definition) is 1. The van der Waals surface area contributed by atoms with Crippen LogP contribution in [0.4, 0.5) is 13.2 Å². The average Bonchev–Trinajstić information content (AvgIpc) is 2.55. The van der Waals surface area contributed by atoms with Gasteiger partial charge in [-0.3, -0.25) is 4.99 Å². The highest BCUT2D eigenvalue weighted by Gasteiger charge is 2.17. The highest BCUT2D eigenvalue weighted by atomic mass is 32.2. The lowest BCUT2D eigenvalue weighted by Crippen LogP contribution is -1.91. The van der Waals surface area contributed by atoms with Crippen molar-refractivity contribution in [1.29, 1.82) is 5.26 Å². The minimum Gasteiger partial charge on any atom is -0.254 e. The van der Waals surface area contributed by atoms with Crippen molar-refractivity contribution in [2.45, 2.75) is 13.3 Å². The number of hydrogen-bond acceptors (Lipinski definition) is 2. The molecule has 0 aromatic carbocycles. The minimum absolute atomic E-state index is 0.211. The second-order valence-electron chi connectivity index (χ2n) is 2.90. The zero-order valence-electron chi connectivity index (χ0n) is 7.97. The standard InChI is InChI=1S/C9H9F3N2S/c1-6-8(4-13)15(5-14-6)3-2-7(10)9(11)12/h5,15H,2-3H2,1H3. The molecule has 0 aromatic heterocycles. The van der Waals surface area contributed by atoms with Gasteiger partial charge in [-0.15, -0.1) is 0 Å². The molecule has 0 radical (unpaired) electrons. The van der Waals surface area contributed by atoms with Crippen LogP contribution in [0.25, 0.3) is 0 Å². The minimum atomic E-state index is -2.28. The summed E-state index contributed by atoms with van der Waals surface area (Å²) < 4.78 is 36.0. The summed E-state index contributed by atoms with van der Waals surface area (Å²) in [7, 11) is -0.986. The van der Waals surface area contributed by atoms with E-state index in [1.807, 2.05) is 6.07 Å². The predicted octanol–water partition coefficient (Wildman–Crippen LogP) is 3.25. The zero-order chi connectivity index (χ0) is 11.4. The monoisotopic (exact) mass is 234 g/mol. The molecule has 0 saturated carbocycles. The van der Waals surface area contributed by atoms with Crippen molar-refractivity contribution in [2.24, 2.45) is 4.99 Å². The SMILES string of the molecule is CC1=C(C#N)[SH](CCC(F)=C(F)F)C=N1. The molecule has 0 bridgehead atoms.